The summed E-state index contributed by atoms with van der Waals surface area (Å²) in [7, 11) is 1.51. The standard InChI is InChI=1S/C24H17BrFNO4/c1-29-22-13-15(6-11-21(22)30-14-17-4-2-3-5-19(17)26)12-20-24(28)31-23(27-20)16-7-9-18(25)10-8-16/h2-13H,14H2,1H3/b20-12-. The lowest BCUT2D eigenvalue weighted by Crippen LogP contribution is -2.05. The minimum Gasteiger partial charge on any atom is -0.493 e. The zero-order chi connectivity index (χ0) is 21.8. The molecule has 0 saturated carbocycles. The van der Waals surface area contributed by atoms with Crippen LogP contribution >= 0.6 is 15.9 Å². The highest BCUT2D eigenvalue weighted by molar-refractivity contribution is 9.10. The van der Waals surface area contributed by atoms with Gasteiger partial charge in [-0.2, -0.15) is 0 Å². The Morgan fingerprint density at radius 3 is 2.58 bits per heavy atom. The van der Waals surface area contributed by atoms with E-state index < -0.39 is 5.97 Å². The topological polar surface area (TPSA) is 57.1 Å². The van der Waals surface area contributed by atoms with Crippen molar-refractivity contribution >= 4 is 33.9 Å². The fourth-order valence-electron chi connectivity index (χ4n) is 2.95. The molecule has 5 nitrogen and oxygen atoms in total. The molecule has 1 aliphatic rings. The van der Waals surface area contributed by atoms with E-state index in [9.17, 15) is 9.18 Å². The van der Waals surface area contributed by atoms with Crippen LogP contribution in [0, 0.1) is 5.82 Å². The fourth-order valence-corrected chi connectivity index (χ4v) is 3.21. The van der Waals surface area contributed by atoms with Crippen molar-refractivity contribution in [2.24, 2.45) is 4.99 Å². The molecule has 0 spiro atoms. The van der Waals surface area contributed by atoms with Crippen LogP contribution in [0.25, 0.3) is 6.08 Å². The van der Waals surface area contributed by atoms with Crippen molar-refractivity contribution in [3.05, 3.63) is 99.4 Å². The number of methoxy groups -OCH3 is 1. The summed E-state index contributed by atoms with van der Waals surface area (Å²) >= 11 is 3.37. The number of esters is 1. The Morgan fingerprint density at radius 1 is 1.06 bits per heavy atom. The van der Waals surface area contributed by atoms with Crippen LogP contribution in [-0.2, 0) is 16.1 Å². The van der Waals surface area contributed by atoms with E-state index in [1.165, 1.54) is 13.2 Å². The minimum atomic E-state index is -0.531. The molecular weight excluding hydrogens is 465 g/mol. The van der Waals surface area contributed by atoms with Crippen LogP contribution in [-0.4, -0.2) is 19.0 Å². The van der Waals surface area contributed by atoms with Gasteiger partial charge in [0.1, 0.15) is 12.4 Å². The molecule has 0 N–H and O–H groups in total. The number of carbonyl (C=O) groups excluding carboxylic acids is 1. The average molecular weight is 482 g/mol. The zero-order valence-electron chi connectivity index (χ0n) is 16.5. The highest BCUT2D eigenvalue weighted by Crippen LogP contribution is 2.30. The lowest BCUT2D eigenvalue weighted by molar-refractivity contribution is -0.129. The van der Waals surface area contributed by atoms with Crippen molar-refractivity contribution in [2.45, 2.75) is 6.61 Å². The first-order valence-corrected chi connectivity index (χ1v) is 10.2. The second-order valence-corrected chi connectivity index (χ2v) is 7.55. The lowest BCUT2D eigenvalue weighted by atomic mass is 10.1. The number of nitrogens with zero attached hydrogens (tertiary/aromatic N) is 1. The van der Waals surface area contributed by atoms with E-state index in [1.807, 2.05) is 24.3 Å². The molecule has 0 atom stereocenters. The molecule has 0 radical (unpaired) electrons. The molecule has 156 valence electrons. The van der Waals surface area contributed by atoms with Gasteiger partial charge in [0, 0.05) is 15.6 Å². The van der Waals surface area contributed by atoms with Gasteiger partial charge in [-0.05, 0) is 54.1 Å². The molecule has 0 aromatic heterocycles. The van der Waals surface area contributed by atoms with Crippen LogP contribution in [0.1, 0.15) is 16.7 Å². The fraction of sp³-hybridized carbons (Fsp3) is 0.0833. The van der Waals surface area contributed by atoms with Crippen molar-refractivity contribution in [3.8, 4) is 11.5 Å². The van der Waals surface area contributed by atoms with Gasteiger partial charge in [0.2, 0.25) is 5.90 Å². The van der Waals surface area contributed by atoms with Crippen LogP contribution in [0.2, 0.25) is 0 Å². The summed E-state index contributed by atoms with van der Waals surface area (Å²) in [6.45, 7) is 0.0661. The molecule has 0 saturated heterocycles. The van der Waals surface area contributed by atoms with Gasteiger partial charge in [0.15, 0.2) is 17.2 Å². The molecule has 1 aliphatic heterocycles. The normalized spacial score (nSPS) is 14.4. The Hall–Kier alpha value is -3.45. The predicted octanol–water partition coefficient (Wildman–Crippen LogP) is 5.52. The molecule has 0 amide bonds. The Kier molecular flexibility index (Phi) is 6.13. The van der Waals surface area contributed by atoms with E-state index in [-0.39, 0.29) is 24.0 Å². The number of aliphatic imine (C=N–C) groups is 1. The molecule has 3 aromatic rings. The Balaban J connectivity index is 1.54. The summed E-state index contributed by atoms with van der Waals surface area (Å²) in [6.07, 6.45) is 1.61. The smallest absolute Gasteiger partial charge is 0.363 e. The van der Waals surface area contributed by atoms with Crippen LogP contribution in [0.4, 0.5) is 4.39 Å². The molecule has 31 heavy (non-hydrogen) atoms. The summed E-state index contributed by atoms with van der Waals surface area (Å²) < 4.78 is 31.1. The van der Waals surface area contributed by atoms with Crippen molar-refractivity contribution < 1.29 is 23.4 Å². The summed E-state index contributed by atoms with van der Waals surface area (Å²) in [5.41, 5.74) is 2.01. The third-order valence-corrected chi connectivity index (χ3v) is 5.07. The van der Waals surface area contributed by atoms with Crippen LogP contribution < -0.4 is 9.47 Å². The summed E-state index contributed by atoms with van der Waals surface area (Å²) in [6, 6.07) is 18.9. The highest BCUT2D eigenvalue weighted by Gasteiger charge is 2.24. The van der Waals surface area contributed by atoms with E-state index in [0.717, 1.165) is 4.47 Å². The average Bonchev–Trinajstić information content (AvgIpc) is 3.14. The summed E-state index contributed by atoms with van der Waals surface area (Å²) in [5, 5.41) is 0. The maximum Gasteiger partial charge on any atom is 0.363 e. The molecule has 4 rings (SSSR count). The van der Waals surface area contributed by atoms with Crippen LogP contribution in [0.3, 0.4) is 0 Å². The third kappa shape index (κ3) is 4.83. The molecule has 0 unspecified atom stereocenters. The third-order valence-electron chi connectivity index (χ3n) is 4.54. The number of cyclic esters (lactones) is 1. The molecular formula is C24H17BrFNO4. The van der Waals surface area contributed by atoms with Crippen molar-refractivity contribution in [1.82, 2.24) is 0 Å². The second kappa shape index (κ2) is 9.14. The highest BCUT2D eigenvalue weighted by atomic mass is 79.9. The molecule has 3 aromatic carbocycles. The molecule has 7 heteroatoms. The lowest BCUT2D eigenvalue weighted by Gasteiger charge is -2.12. The summed E-state index contributed by atoms with van der Waals surface area (Å²) in [5.74, 6) is 0.300. The van der Waals surface area contributed by atoms with Gasteiger partial charge in [-0.15, -0.1) is 0 Å². The molecule has 1 heterocycles. The van der Waals surface area contributed by atoms with E-state index in [4.69, 9.17) is 14.2 Å². The van der Waals surface area contributed by atoms with Gasteiger partial charge in [-0.1, -0.05) is 40.2 Å². The number of ether oxygens (including phenoxy) is 3. The van der Waals surface area contributed by atoms with Crippen molar-refractivity contribution in [1.29, 1.82) is 0 Å². The van der Waals surface area contributed by atoms with Gasteiger partial charge in [0.25, 0.3) is 0 Å². The SMILES string of the molecule is COc1cc(/C=C2\N=C(c3ccc(Br)cc3)OC2=O)ccc1OCc1ccccc1F. The number of hydrogen-bond acceptors (Lipinski definition) is 5. The largest absolute Gasteiger partial charge is 0.493 e. The minimum absolute atomic E-state index is 0.0661. The molecule has 0 aliphatic carbocycles. The summed E-state index contributed by atoms with van der Waals surface area (Å²) in [4.78, 5) is 16.5. The van der Waals surface area contributed by atoms with Gasteiger partial charge in [-0.3, -0.25) is 0 Å². The maximum absolute atomic E-state index is 13.8. The number of hydrogen-bond donors (Lipinski definition) is 0. The van der Waals surface area contributed by atoms with E-state index >= 15 is 0 Å². The monoisotopic (exact) mass is 481 g/mol. The zero-order valence-corrected chi connectivity index (χ0v) is 18.1. The Morgan fingerprint density at radius 2 is 1.84 bits per heavy atom. The van der Waals surface area contributed by atoms with Gasteiger partial charge in [0.05, 0.1) is 7.11 Å². The van der Waals surface area contributed by atoms with Crippen molar-refractivity contribution in [2.75, 3.05) is 7.11 Å². The Labute approximate surface area is 186 Å². The van der Waals surface area contributed by atoms with Crippen LogP contribution in [0.15, 0.2) is 81.9 Å². The van der Waals surface area contributed by atoms with Crippen LogP contribution in [0.5, 0.6) is 11.5 Å². The van der Waals surface area contributed by atoms with Gasteiger partial charge in [-0.25, -0.2) is 14.2 Å². The first kappa shape index (κ1) is 20.8. The quantitative estimate of drug-likeness (QED) is 0.343. The molecule has 0 bridgehead atoms. The number of benzene rings is 3. The van der Waals surface area contributed by atoms with E-state index in [1.54, 1.807) is 42.5 Å². The maximum atomic E-state index is 13.8. The van der Waals surface area contributed by atoms with E-state index in [0.29, 0.717) is 28.2 Å². The van der Waals surface area contributed by atoms with Gasteiger partial charge < -0.3 is 14.2 Å². The van der Waals surface area contributed by atoms with Gasteiger partial charge >= 0.3 is 5.97 Å². The number of halogens is 2. The Bertz CT molecular complexity index is 1190. The van der Waals surface area contributed by atoms with E-state index in [2.05, 4.69) is 20.9 Å². The number of rotatable bonds is 6. The second-order valence-electron chi connectivity index (χ2n) is 6.63. The predicted molar refractivity (Wildman–Crippen MR) is 118 cm³/mol. The first-order valence-electron chi connectivity index (χ1n) is 9.36. The first-order chi connectivity index (χ1) is 15.0. The number of carbonyl (C=O) groups is 1. The molecule has 0 fully saturated rings. The van der Waals surface area contributed by atoms with Crippen molar-refractivity contribution in [3.63, 3.8) is 0 Å².